The Morgan fingerprint density at radius 2 is 1.93 bits per heavy atom. The average molecular weight is 257 g/mol. The molecule has 0 saturated carbocycles. The van der Waals surface area contributed by atoms with Gasteiger partial charge in [0, 0.05) is 6.42 Å². The highest BCUT2D eigenvalue weighted by atomic mass is 35.5. The topological polar surface area (TPSA) is 17.1 Å². The van der Waals surface area contributed by atoms with Crippen LogP contribution < -0.4 is 0 Å². The molecule has 0 saturated heterocycles. The molecule has 1 nitrogen and oxygen atoms in total. The van der Waals surface area contributed by atoms with Crippen molar-refractivity contribution in [2.24, 2.45) is 0 Å². The average Bonchev–Trinajstić information content (AvgIpc) is 2.05. The summed E-state index contributed by atoms with van der Waals surface area (Å²) in [5.74, 6) is 0. The van der Waals surface area contributed by atoms with Crippen LogP contribution in [0.5, 0.6) is 0 Å². The van der Waals surface area contributed by atoms with Crippen LogP contribution in [0.4, 0.5) is 13.2 Å². The van der Waals surface area contributed by atoms with Crippen molar-refractivity contribution in [2.75, 3.05) is 0 Å². The fourth-order valence-corrected chi connectivity index (χ4v) is 1.44. The summed E-state index contributed by atoms with van der Waals surface area (Å²) in [5, 5.41) is -1.11. The van der Waals surface area contributed by atoms with Crippen LogP contribution in [0.15, 0.2) is 18.2 Å². The third-order valence-corrected chi connectivity index (χ3v) is 2.14. The van der Waals surface area contributed by atoms with E-state index in [0.717, 1.165) is 12.1 Å². The van der Waals surface area contributed by atoms with Crippen LogP contribution in [0.25, 0.3) is 0 Å². The van der Waals surface area contributed by atoms with Crippen LogP contribution in [0, 0.1) is 0 Å². The molecule has 82 valence electrons. The van der Waals surface area contributed by atoms with Gasteiger partial charge in [-0.25, -0.2) is 0 Å². The van der Waals surface area contributed by atoms with E-state index in [1.165, 1.54) is 6.07 Å². The first-order valence-electron chi connectivity index (χ1n) is 3.84. The maximum atomic E-state index is 12.4. The highest BCUT2D eigenvalue weighted by molar-refractivity contribution is 6.63. The third kappa shape index (κ3) is 3.39. The van der Waals surface area contributed by atoms with Crippen molar-refractivity contribution in [2.45, 2.75) is 12.6 Å². The Labute approximate surface area is 93.8 Å². The van der Waals surface area contributed by atoms with Gasteiger partial charge in [-0.1, -0.05) is 17.7 Å². The van der Waals surface area contributed by atoms with Gasteiger partial charge >= 0.3 is 6.18 Å². The molecule has 0 fully saturated rings. The van der Waals surface area contributed by atoms with Crippen molar-refractivity contribution in [1.82, 2.24) is 0 Å². The molecule has 0 bridgehead atoms. The third-order valence-electron chi connectivity index (χ3n) is 1.68. The van der Waals surface area contributed by atoms with Crippen molar-refractivity contribution in [3.05, 3.63) is 34.3 Å². The highest BCUT2D eigenvalue weighted by Crippen LogP contribution is 2.35. The van der Waals surface area contributed by atoms with Gasteiger partial charge in [0.25, 0.3) is 0 Å². The van der Waals surface area contributed by atoms with Gasteiger partial charge in [-0.15, -0.1) is 0 Å². The second-order valence-corrected chi connectivity index (χ2v) is 3.67. The van der Waals surface area contributed by atoms with Crippen LogP contribution >= 0.6 is 23.2 Å². The summed E-state index contributed by atoms with van der Waals surface area (Å²) in [5.41, 5.74) is -0.772. The summed E-state index contributed by atoms with van der Waals surface area (Å²) >= 11 is 10.4. The van der Waals surface area contributed by atoms with Gasteiger partial charge in [0.2, 0.25) is 5.24 Å². The van der Waals surface area contributed by atoms with E-state index >= 15 is 0 Å². The fraction of sp³-hybridized carbons (Fsp3) is 0.222. The summed E-state index contributed by atoms with van der Waals surface area (Å²) in [6.45, 7) is 0. The van der Waals surface area contributed by atoms with Crippen molar-refractivity contribution in [3.8, 4) is 0 Å². The molecular weight excluding hydrogens is 252 g/mol. The fourth-order valence-electron chi connectivity index (χ4n) is 1.06. The molecule has 0 aliphatic carbocycles. The predicted octanol–water partition coefficient (Wildman–Crippen LogP) is 3.67. The van der Waals surface area contributed by atoms with Gasteiger partial charge in [0.05, 0.1) is 10.6 Å². The lowest BCUT2D eigenvalue weighted by atomic mass is 10.1. The number of carbonyl (C=O) groups is 1. The summed E-state index contributed by atoms with van der Waals surface area (Å²) in [4.78, 5) is 10.5. The zero-order chi connectivity index (χ0) is 11.6. The van der Waals surface area contributed by atoms with E-state index in [1.54, 1.807) is 0 Å². The molecule has 0 N–H and O–H groups in total. The standard InChI is InChI=1S/C9H5Cl2F3O/c10-7-2-1-5(4-8(11)15)3-6(7)9(12,13)14/h1-3H,4H2. The van der Waals surface area contributed by atoms with Crippen molar-refractivity contribution >= 4 is 28.4 Å². The molecule has 0 aliphatic heterocycles. The minimum absolute atomic E-state index is 0.187. The van der Waals surface area contributed by atoms with Crippen LogP contribution in [-0.4, -0.2) is 5.24 Å². The molecule has 0 aromatic heterocycles. The number of halogens is 5. The monoisotopic (exact) mass is 256 g/mol. The van der Waals surface area contributed by atoms with Gasteiger partial charge in [-0.3, -0.25) is 4.79 Å². The summed E-state index contributed by atoms with van der Waals surface area (Å²) in [7, 11) is 0. The van der Waals surface area contributed by atoms with E-state index < -0.39 is 22.0 Å². The Kier molecular flexibility index (Phi) is 3.62. The normalized spacial score (nSPS) is 11.5. The Balaban J connectivity index is 3.11. The quantitative estimate of drug-likeness (QED) is 0.739. The highest BCUT2D eigenvalue weighted by Gasteiger charge is 2.33. The number of benzene rings is 1. The molecule has 0 unspecified atom stereocenters. The molecule has 15 heavy (non-hydrogen) atoms. The second kappa shape index (κ2) is 4.41. The van der Waals surface area contributed by atoms with Crippen LogP contribution in [-0.2, 0) is 17.4 Å². The number of rotatable bonds is 2. The van der Waals surface area contributed by atoms with Crippen molar-refractivity contribution < 1.29 is 18.0 Å². The summed E-state index contributed by atoms with van der Waals surface area (Å²) in [6, 6.07) is 3.25. The lowest BCUT2D eigenvalue weighted by Gasteiger charge is -2.09. The van der Waals surface area contributed by atoms with Gasteiger partial charge in [-0.05, 0) is 29.3 Å². The van der Waals surface area contributed by atoms with E-state index in [0.29, 0.717) is 0 Å². The molecule has 0 atom stereocenters. The Hall–Kier alpha value is -0.740. The van der Waals surface area contributed by atoms with Crippen LogP contribution in [0.1, 0.15) is 11.1 Å². The number of hydrogen-bond donors (Lipinski definition) is 0. The smallest absolute Gasteiger partial charge is 0.281 e. The van der Waals surface area contributed by atoms with E-state index in [2.05, 4.69) is 0 Å². The summed E-state index contributed by atoms with van der Waals surface area (Å²) < 4.78 is 37.1. The van der Waals surface area contributed by atoms with E-state index in [9.17, 15) is 18.0 Å². The molecule has 1 rings (SSSR count). The minimum atomic E-state index is -4.53. The van der Waals surface area contributed by atoms with Crippen molar-refractivity contribution in [1.29, 1.82) is 0 Å². The molecule has 0 aliphatic rings. The SMILES string of the molecule is O=C(Cl)Cc1ccc(Cl)c(C(F)(F)F)c1. The van der Waals surface area contributed by atoms with Gasteiger partial charge in [0.15, 0.2) is 0 Å². The predicted molar refractivity (Wildman–Crippen MR) is 51.0 cm³/mol. The first-order valence-corrected chi connectivity index (χ1v) is 4.60. The molecule has 0 amide bonds. The molecule has 0 spiro atoms. The molecule has 0 radical (unpaired) electrons. The maximum Gasteiger partial charge on any atom is 0.417 e. The first-order chi connectivity index (χ1) is 6.80. The Bertz CT molecular complexity index is 387. The van der Waals surface area contributed by atoms with Gasteiger partial charge in [-0.2, -0.15) is 13.2 Å². The zero-order valence-electron chi connectivity index (χ0n) is 7.24. The molecular formula is C9H5Cl2F3O. The minimum Gasteiger partial charge on any atom is -0.281 e. The first kappa shape index (κ1) is 12.3. The number of carbonyl (C=O) groups excluding carboxylic acids is 1. The zero-order valence-corrected chi connectivity index (χ0v) is 8.75. The maximum absolute atomic E-state index is 12.4. The Morgan fingerprint density at radius 3 is 2.40 bits per heavy atom. The molecule has 0 heterocycles. The van der Waals surface area contributed by atoms with Crippen LogP contribution in [0.3, 0.4) is 0 Å². The largest absolute Gasteiger partial charge is 0.417 e. The lowest BCUT2D eigenvalue weighted by molar-refractivity contribution is -0.137. The summed E-state index contributed by atoms with van der Waals surface area (Å²) in [6.07, 6.45) is -4.77. The molecule has 6 heteroatoms. The lowest BCUT2D eigenvalue weighted by Crippen LogP contribution is -2.07. The van der Waals surface area contributed by atoms with E-state index in [4.69, 9.17) is 23.2 Å². The van der Waals surface area contributed by atoms with Crippen LogP contribution in [0.2, 0.25) is 5.02 Å². The van der Waals surface area contributed by atoms with Gasteiger partial charge in [0.1, 0.15) is 0 Å². The number of alkyl halides is 3. The molecule has 1 aromatic rings. The van der Waals surface area contributed by atoms with E-state index in [-0.39, 0.29) is 12.0 Å². The second-order valence-electron chi connectivity index (χ2n) is 2.84. The van der Waals surface area contributed by atoms with E-state index in [1.807, 2.05) is 0 Å². The molecule has 1 aromatic carbocycles. The van der Waals surface area contributed by atoms with Gasteiger partial charge < -0.3 is 0 Å². The Morgan fingerprint density at radius 1 is 1.33 bits per heavy atom. The number of hydrogen-bond acceptors (Lipinski definition) is 1. The van der Waals surface area contributed by atoms with Crippen molar-refractivity contribution in [3.63, 3.8) is 0 Å².